The average Bonchev–Trinajstić information content (AvgIpc) is 2.82. The van der Waals surface area contributed by atoms with Gasteiger partial charge in [0, 0.05) is 22.6 Å². The summed E-state index contributed by atoms with van der Waals surface area (Å²) in [6, 6.07) is 1.75. The Hall–Kier alpha value is -1.47. The van der Waals surface area contributed by atoms with E-state index in [4.69, 9.17) is 0 Å². The quantitative estimate of drug-likeness (QED) is 0.859. The summed E-state index contributed by atoms with van der Waals surface area (Å²) in [6.45, 7) is 4.72. The Kier molecular flexibility index (Phi) is 5.08. The fourth-order valence-corrected chi connectivity index (χ4v) is 2.59. The summed E-state index contributed by atoms with van der Waals surface area (Å²) in [5.74, 6) is 0.368. The van der Waals surface area contributed by atoms with Crippen molar-refractivity contribution in [2.24, 2.45) is 0 Å². The second-order valence-corrected chi connectivity index (χ2v) is 6.00. The van der Waals surface area contributed by atoms with Gasteiger partial charge in [-0.1, -0.05) is 6.92 Å². The highest BCUT2D eigenvalue weighted by atomic mass is 79.9. The minimum absolute atomic E-state index is 0.216. The Morgan fingerprint density at radius 1 is 1.50 bits per heavy atom. The number of nitrogens with one attached hydrogen (secondary N) is 2. The molecule has 2 N–H and O–H groups in total. The molecule has 0 saturated heterocycles. The molecule has 20 heavy (non-hydrogen) atoms. The SMILES string of the molecule is CCCNc1ncc(Br)cc1C(=O)Nc1nc(C)cs1. The van der Waals surface area contributed by atoms with E-state index in [1.807, 2.05) is 12.3 Å². The number of rotatable bonds is 5. The Morgan fingerprint density at radius 2 is 2.30 bits per heavy atom. The number of nitrogens with zero attached hydrogens (tertiary/aromatic N) is 2. The number of thiazole rings is 1. The Morgan fingerprint density at radius 3 is 2.95 bits per heavy atom. The summed E-state index contributed by atoms with van der Waals surface area (Å²) in [5.41, 5.74) is 1.39. The zero-order valence-corrected chi connectivity index (χ0v) is 13.6. The fourth-order valence-electron chi connectivity index (χ4n) is 1.57. The number of hydrogen-bond donors (Lipinski definition) is 2. The van der Waals surface area contributed by atoms with Crippen molar-refractivity contribution in [3.8, 4) is 0 Å². The number of aryl methyl sites for hydroxylation is 1. The molecule has 0 unspecified atom stereocenters. The molecule has 0 aliphatic heterocycles. The smallest absolute Gasteiger partial charge is 0.261 e. The Balaban J connectivity index is 2.21. The lowest BCUT2D eigenvalue weighted by atomic mass is 10.2. The van der Waals surface area contributed by atoms with Gasteiger partial charge in [-0.3, -0.25) is 10.1 Å². The lowest BCUT2D eigenvalue weighted by Crippen LogP contribution is -2.16. The number of amides is 1. The van der Waals surface area contributed by atoms with Crippen LogP contribution in [0.4, 0.5) is 10.9 Å². The van der Waals surface area contributed by atoms with E-state index in [9.17, 15) is 4.79 Å². The molecule has 0 bridgehead atoms. The summed E-state index contributed by atoms with van der Waals surface area (Å²) < 4.78 is 0.764. The molecule has 106 valence electrons. The van der Waals surface area contributed by atoms with Gasteiger partial charge in [-0.2, -0.15) is 0 Å². The van der Waals surface area contributed by atoms with Gasteiger partial charge < -0.3 is 5.32 Å². The van der Waals surface area contributed by atoms with Crippen LogP contribution >= 0.6 is 27.3 Å². The van der Waals surface area contributed by atoms with Crippen LogP contribution in [0.25, 0.3) is 0 Å². The molecule has 0 aliphatic carbocycles. The van der Waals surface area contributed by atoms with E-state index in [2.05, 4.69) is 43.5 Å². The van der Waals surface area contributed by atoms with E-state index in [0.29, 0.717) is 16.5 Å². The van der Waals surface area contributed by atoms with Crippen LogP contribution in [-0.2, 0) is 0 Å². The largest absolute Gasteiger partial charge is 0.369 e. The van der Waals surface area contributed by atoms with Gasteiger partial charge in [0.05, 0.1) is 11.3 Å². The van der Waals surface area contributed by atoms with E-state index in [0.717, 1.165) is 23.1 Å². The topological polar surface area (TPSA) is 66.9 Å². The first-order valence-corrected chi connectivity index (χ1v) is 7.90. The van der Waals surface area contributed by atoms with Crippen molar-refractivity contribution in [1.82, 2.24) is 9.97 Å². The number of anilines is 2. The van der Waals surface area contributed by atoms with Gasteiger partial charge in [-0.25, -0.2) is 9.97 Å². The molecule has 0 spiro atoms. The summed E-state index contributed by atoms with van der Waals surface area (Å²) in [5, 5.41) is 8.43. The zero-order valence-electron chi connectivity index (χ0n) is 11.2. The van der Waals surface area contributed by atoms with Crippen molar-refractivity contribution in [3.05, 3.63) is 33.4 Å². The third-order valence-electron chi connectivity index (χ3n) is 2.48. The molecule has 2 aromatic heterocycles. The molecule has 1 amide bonds. The molecule has 0 fully saturated rings. The molecular weight excluding hydrogens is 340 g/mol. The third-order valence-corrected chi connectivity index (χ3v) is 3.79. The van der Waals surface area contributed by atoms with E-state index < -0.39 is 0 Å². The van der Waals surface area contributed by atoms with E-state index in [1.54, 1.807) is 12.3 Å². The van der Waals surface area contributed by atoms with Crippen molar-refractivity contribution in [1.29, 1.82) is 0 Å². The van der Waals surface area contributed by atoms with Gasteiger partial charge in [0.15, 0.2) is 5.13 Å². The first-order chi connectivity index (χ1) is 9.60. The number of aromatic nitrogens is 2. The Bertz CT molecular complexity index is 614. The van der Waals surface area contributed by atoms with Crippen molar-refractivity contribution in [3.63, 3.8) is 0 Å². The van der Waals surface area contributed by atoms with Crippen LogP contribution in [0.15, 0.2) is 22.1 Å². The monoisotopic (exact) mass is 354 g/mol. The predicted molar refractivity (Wildman–Crippen MR) is 85.5 cm³/mol. The van der Waals surface area contributed by atoms with Gasteiger partial charge in [-0.05, 0) is 35.3 Å². The van der Waals surface area contributed by atoms with Crippen LogP contribution in [0.3, 0.4) is 0 Å². The number of hydrogen-bond acceptors (Lipinski definition) is 5. The number of pyridine rings is 1. The normalized spacial score (nSPS) is 10.3. The molecule has 0 saturated carbocycles. The molecule has 0 aromatic carbocycles. The maximum atomic E-state index is 12.3. The van der Waals surface area contributed by atoms with Gasteiger partial charge in [-0.15, -0.1) is 11.3 Å². The molecule has 0 radical (unpaired) electrons. The highest BCUT2D eigenvalue weighted by Crippen LogP contribution is 2.21. The summed E-state index contributed by atoms with van der Waals surface area (Å²) in [7, 11) is 0. The van der Waals surface area contributed by atoms with Gasteiger partial charge in [0.2, 0.25) is 0 Å². The first kappa shape index (κ1) is 14.9. The Labute approximate surface area is 130 Å². The fraction of sp³-hybridized carbons (Fsp3) is 0.308. The molecular formula is C13H15BrN4OS. The van der Waals surface area contributed by atoms with Crippen LogP contribution in [0, 0.1) is 6.92 Å². The second kappa shape index (κ2) is 6.81. The highest BCUT2D eigenvalue weighted by Gasteiger charge is 2.14. The predicted octanol–water partition coefficient (Wildman–Crippen LogP) is 3.68. The molecule has 0 aliphatic rings. The lowest BCUT2D eigenvalue weighted by Gasteiger charge is -2.10. The van der Waals surface area contributed by atoms with Crippen LogP contribution in [0.5, 0.6) is 0 Å². The van der Waals surface area contributed by atoms with Crippen molar-refractivity contribution < 1.29 is 4.79 Å². The van der Waals surface area contributed by atoms with Crippen LogP contribution in [0.2, 0.25) is 0 Å². The standard InChI is InChI=1S/C13H15BrN4OS/c1-3-4-15-11-10(5-9(14)6-16-11)12(19)18-13-17-8(2)7-20-13/h5-7H,3-4H2,1-2H3,(H,15,16)(H,17,18,19). The van der Waals surface area contributed by atoms with Gasteiger partial charge >= 0.3 is 0 Å². The van der Waals surface area contributed by atoms with Crippen molar-refractivity contribution >= 4 is 44.1 Å². The summed E-state index contributed by atoms with van der Waals surface area (Å²) >= 11 is 4.74. The maximum absolute atomic E-state index is 12.3. The van der Waals surface area contributed by atoms with Crippen LogP contribution in [0.1, 0.15) is 29.4 Å². The zero-order chi connectivity index (χ0) is 14.5. The molecule has 2 aromatic rings. The minimum atomic E-state index is -0.216. The molecule has 0 atom stereocenters. The number of carbonyl (C=O) groups excluding carboxylic acids is 1. The maximum Gasteiger partial charge on any atom is 0.261 e. The molecule has 2 heterocycles. The number of halogens is 1. The summed E-state index contributed by atoms with van der Waals surface area (Å²) in [4.78, 5) is 20.8. The average molecular weight is 355 g/mol. The highest BCUT2D eigenvalue weighted by molar-refractivity contribution is 9.10. The number of carbonyl (C=O) groups is 1. The first-order valence-electron chi connectivity index (χ1n) is 6.23. The summed E-state index contributed by atoms with van der Waals surface area (Å²) in [6.07, 6.45) is 2.63. The van der Waals surface area contributed by atoms with Crippen LogP contribution in [-0.4, -0.2) is 22.4 Å². The van der Waals surface area contributed by atoms with Crippen LogP contribution < -0.4 is 10.6 Å². The minimum Gasteiger partial charge on any atom is -0.369 e. The van der Waals surface area contributed by atoms with Gasteiger partial charge in [0.25, 0.3) is 5.91 Å². The van der Waals surface area contributed by atoms with Crippen molar-refractivity contribution in [2.45, 2.75) is 20.3 Å². The third kappa shape index (κ3) is 3.77. The van der Waals surface area contributed by atoms with E-state index in [-0.39, 0.29) is 5.91 Å². The second-order valence-electron chi connectivity index (χ2n) is 4.22. The van der Waals surface area contributed by atoms with Gasteiger partial charge in [0.1, 0.15) is 5.82 Å². The molecule has 5 nitrogen and oxygen atoms in total. The van der Waals surface area contributed by atoms with E-state index >= 15 is 0 Å². The molecule has 7 heteroatoms. The molecule has 2 rings (SSSR count). The van der Waals surface area contributed by atoms with E-state index in [1.165, 1.54) is 11.3 Å². The van der Waals surface area contributed by atoms with Crippen molar-refractivity contribution in [2.75, 3.05) is 17.2 Å². The lowest BCUT2D eigenvalue weighted by molar-refractivity contribution is 0.102.